The maximum absolute atomic E-state index is 11.9. The number of carbonyl (C=O) groups is 1. The second-order valence-corrected chi connectivity index (χ2v) is 5.61. The van der Waals surface area contributed by atoms with Gasteiger partial charge in [0.25, 0.3) is 0 Å². The first-order valence-corrected chi connectivity index (χ1v) is 8.64. The quantitative estimate of drug-likeness (QED) is 0.720. The molecule has 0 aliphatic heterocycles. The highest BCUT2D eigenvalue weighted by molar-refractivity contribution is 7.97. The van der Waals surface area contributed by atoms with Crippen LogP contribution in [0.5, 0.6) is 5.75 Å². The number of hydrogen-bond donors (Lipinski definition) is 2. The first kappa shape index (κ1) is 17.3. The number of aryl methyl sites for hydroxylation is 1. The lowest BCUT2D eigenvalue weighted by atomic mass is 10.2. The molecule has 2 rings (SSSR count). The van der Waals surface area contributed by atoms with Gasteiger partial charge in [0.15, 0.2) is 5.82 Å². The Morgan fingerprint density at radius 2 is 2.17 bits per heavy atom. The zero-order valence-electron chi connectivity index (χ0n) is 12.9. The fourth-order valence-electron chi connectivity index (χ4n) is 1.83. The van der Waals surface area contributed by atoms with Crippen LogP contribution in [0.4, 0.5) is 5.69 Å². The van der Waals surface area contributed by atoms with Gasteiger partial charge in [-0.1, -0.05) is 5.16 Å². The Kier molecular flexibility index (Phi) is 6.89. The molecule has 2 aromatic rings. The van der Waals surface area contributed by atoms with Gasteiger partial charge in [0, 0.05) is 25.1 Å². The first-order valence-electron chi connectivity index (χ1n) is 7.24. The highest BCUT2D eigenvalue weighted by Gasteiger charge is 2.09. The molecule has 1 amide bonds. The Balaban J connectivity index is 1.77. The third-order valence-corrected chi connectivity index (χ3v) is 3.42. The number of hydrogen-bond acceptors (Lipinski definition) is 7. The predicted molar refractivity (Wildman–Crippen MR) is 89.5 cm³/mol. The predicted octanol–water partition coefficient (Wildman–Crippen LogP) is 1.84. The summed E-state index contributed by atoms with van der Waals surface area (Å²) in [4.78, 5) is 16.1. The molecule has 1 aromatic carbocycles. The summed E-state index contributed by atoms with van der Waals surface area (Å²) in [5.41, 5.74) is 6.08. The van der Waals surface area contributed by atoms with Crippen LogP contribution < -0.4 is 15.8 Å². The van der Waals surface area contributed by atoms with E-state index in [0.29, 0.717) is 42.7 Å². The van der Waals surface area contributed by atoms with Gasteiger partial charge in [0.05, 0.1) is 5.75 Å². The van der Waals surface area contributed by atoms with E-state index in [-0.39, 0.29) is 12.3 Å². The molecule has 8 heteroatoms. The fraction of sp³-hybridized carbons (Fsp3) is 0.400. The number of benzene rings is 1. The maximum Gasteiger partial charge on any atom is 0.227 e. The van der Waals surface area contributed by atoms with E-state index >= 15 is 0 Å². The van der Waals surface area contributed by atoms with Gasteiger partial charge >= 0.3 is 0 Å². The van der Waals surface area contributed by atoms with Crippen molar-refractivity contribution in [2.75, 3.05) is 24.7 Å². The molecule has 7 nitrogen and oxygen atoms in total. The molecule has 0 fully saturated rings. The molecular formula is C15H20N4O3S. The minimum absolute atomic E-state index is 0.106. The van der Waals surface area contributed by atoms with Gasteiger partial charge in [-0.15, -0.1) is 0 Å². The standard InChI is InChI=1S/C15H20N4O3S/c1-23-10-13-18-15(22-19-13)7-6-14(20)17-11-2-4-12(5-3-11)21-9-8-16/h2-5H,6-10,16H2,1H3,(H,17,20). The van der Waals surface area contributed by atoms with E-state index in [1.54, 1.807) is 36.0 Å². The monoisotopic (exact) mass is 336 g/mol. The molecule has 0 saturated carbocycles. The number of ether oxygens (including phenoxy) is 1. The van der Waals surface area contributed by atoms with Crippen LogP contribution in [0, 0.1) is 0 Å². The summed E-state index contributed by atoms with van der Waals surface area (Å²) in [7, 11) is 0. The normalized spacial score (nSPS) is 10.5. The maximum atomic E-state index is 11.9. The van der Waals surface area contributed by atoms with Crippen molar-refractivity contribution in [1.29, 1.82) is 0 Å². The Morgan fingerprint density at radius 1 is 1.39 bits per heavy atom. The zero-order chi connectivity index (χ0) is 16.5. The molecule has 1 heterocycles. The summed E-state index contributed by atoms with van der Waals surface area (Å²) in [5.74, 6) is 2.45. The lowest BCUT2D eigenvalue weighted by Gasteiger charge is -2.07. The van der Waals surface area contributed by atoms with Crippen LogP contribution in [0.15, 0.2) is 28.8 Å². The van der Waals surface area contributed by atoms with E-state index in [1.165, 1.54) is 0 Å². The molecule has 0 radical (unpaired) electrons. The van der Waals surface area contributed by atoms with E-state index in [0.717, 1.165) is 5.75 Å². The summed E-state index contributed by atoms with van der Waals surface area (Å²) in [6.45, 7) is 0.932. The van der Waals surface area contributed by atoms with Crippen molar-refractivity contribution in [3.05, 3.63) is 36.0 Å². The average Bonchev–Trinajstić information content (AvgIpc) is 3.00. The zero-order valence-corrected chi connectivity index (χ0v) is 13.8. The summed E-state index contributed by atoms with van der Waals surface area (Å²) in [6.07, 6.45) is 2.67. The van der Waals surface area contributed by atoms with E-state index in [1.807, 2.05) is 6.26 Å². The van der Waals surface area contributed by atoms with Gasteiger partial charge in [0.1, 0.15) is 12.4 Å². The van der Waals surface area contributed by atoms with E-state index in [2.05, 4.69) is 15.5 Å². The topological polar surface area (TPSA) is 103 Å². The SMILES string of the molecule is CSCc1noc(CCC(=O)Nc2ccc(OCCN)cc2)n1. The molecule has 124 valence electrons. The Morgan fingerprint density at radius 3 is 2.87 bits per heavy atom. The highest BCUT2D eigenvalue weighted by atomic mass is 32.2. The Labute approximate surface area is 139 Å². The van der Waals surface area contributed by atoms with Crippen molar-refractivity contribution in [2.24, 2.45) is 5.73 Å². The van der Waals surface area contributed by atoms with Crippen LogP contribution in [0.3, 0.4) is 0 Å². The summed E-state index contributed by atoms with van der Waals surface area (Å²) in [6, 6.07) is 7.15. The second kappa shape index (κ2) is 9.16. The first-order chi connectivity index (χ1) is 11.2. The molecule has 0 aliphatic carbocycles. The van der Waals surface area contributed by atoms with Crippen LogP contribution in [0.2, 0.25) is 0 Å². The van der Waals surface area contributed by atoms with Crippen LogP contribution in [-0.2, 0) is 17.0 Å². The molecule has 3 N–H and O–H groups in total. The lowest BCUT2D eigenvalue weighted by molar-refractivity contribution is -0.116. The molecule has 0 unspecified atom stereocenters. The molecule has 1 aromatic heterocycles. The van der Waals surface area contributed by atoms with Crippen LogP contribution in [0.25, 0.3) is 0 Å². The van der Waals surface area contributed by atoms with Gasteiger partial charge in [-0.05, 0) is 30.5 Å². The Bertz CT molecular complexity index is 615. The van der Waals surface area contributed by atoms with E-state index in [9.17, 15) is 4.79 Å². The van der Waals surface area contributed by atoms with E-state index in [4.69, 9.17) is 15.0 Å². The third kappa shape index (κ3) is 5.91. The molecule has 0 saturated heterocycles. The largest absolute Gasteiger partial charge is 0.492 e. The molecular weight excluding hydrogens is 316 g/mol. The van der Waals surface area contributed by atoms with Gasteiger partial charge in [-0.3, -0.25) is 4.79 Å². The van der Waals surface area contributed by atoms with Crippen molar-refractivity contribution >= 4 is 23.4 Å². The number of thioether (sulfide) groups is 1. The van der Waals surface area contributed by atoms with Gasteiger partial charge in [-0.2, -0.15) is 16.7 Å². The third-order valence-electron chi connectivity index (χ3n) is 2.87. The lowest BCUT2D eigenvalue weighted by Crippen LogP contribution is -2.13. The molecule has 23 heavy (non-hydrogen) atoms. The van der Waals surface area contributed by atoms with Crippen molar-refractivity contribution in [3.8, 4) is 5.75 Å². The van der Waals surface area contributed by atoms with Crippen LogP contribution >= 0.6 is 11.8 Å². The van der Waals surface area contributed by atoms with Crippen LogP contribution in [-0.4, -0.2) is 35.5 Å². The second-order valence-electron chi connectivity index (χ2n) is 4.75. The van der Waals surface area contributed by atoms with E-state index < -0.39 is 0 Å². The summed E-state index contributed by atoms with van der Waals surface area (Å²) >= 11 is 1.62. The number of carbonyl (C=O) groups excluding carboxylic acids is 1. The fourth-order valence-corrected chi connectivity index (χ4v) is 2.21. The van der Waals surface area contributed by atoms with Gasteiger partial charge in [-0.25, -0.2) is 0 Å². The number of rotatable bonds is 9. The highest BCUT2D eigenvalue weighted by Crippen LogP contribution is 2.16. The number of amides is 1. The van der Waals surface area contributed by atoms with Gasteiger partial charge < -0.3 is 20.3 Å². The molecule has 0 atom stereocenters. The molecule has 0 aliphatic rings. The van der Waals surface area contributed by atoms with Gasteiger partial charge in [0.2, 0.25) is 11.8 Å². The smallest absolute Gasteiger partial charge is 0.227 e. The Hall–Kier alpha value is -2.06. The number of nitrogens with one attached hydrogen (secondary N) is 1. The van der Waals surface area contributed by atoms with Crippen LogP contribution in [0.1, 0.15) is 18.1 Å². The van der Waals surface area contributed by atoms with Crippen molar-refractivity contribution in [3.63, 3.8) is 0 Å². The number of nitrogens with two attached hydrogens (primary N) is 1. The molecule has 0 spiro atoms. The van der Waals surface area contributed by atoms with Crippen molar-refractivity contribution in [1.82, 2.24) is 10.1 Å². The number of anilines is 1. The summed E-state index contributed by atoms with van der Waals surface area (Å²) in [5, 5.41) is 6.65. The van der Waals surface area contributed by atoms with Crippen molar-refractivity contribution < 1.29 is 14.1 Å². The minimum atomic E-state index is -0.106. The number of aromatic nitrogens is 2. The summed E-state index contributed by atoms with van der Waals surface area (Å²) < 4.78 is 10.5. The average molecular weight is 336 g/mol. The molecule has 0 bridgehead atoms. The minimum Gasteiger partial charge on any atom is -0.492 e. The number of nitrogens with zero attached hydrogens (tertiary/aromatic N) is 2. The van der Waals surface area contributed by atoms with Crippen molar-refractivity contribution in [2.45, 2.75) is 18.6 Å².